The van der Waals surface area contributed by atoms with Crippen LogP contribution in [0.5, 0.6) is 0 Å². The van der Waals surface area contributed by atoms with Gasteiger partial charge in [-0.2, -0.15) is 8.78 Å². The summed E-state index contributed by atoms with van der Waals surface area (Å²) in [4.78, 5) is 22.5. The standard InChI is InChI=1S/C20H30F2O5/c1-2-3-9-18(25)20(21,22)12-11-15-14(16(23)13-17(15)24)8-6-4-5-7-10-19(26)27/h4,6,11-12,14-15,17-18,24-25H,2-3,5,7-10,13H2,1H3,(H,26,27)/t14-,15-,17-,18?/m1/s1. The molecule has 1 aliphatic carbocycles. The summed E-state index contributed by atoms with van der Waals surface area (Å²) >= 11 is 0. The molecule has 0 aliphatic heterocycles. The van der Waals surface area contributed by atoms with E-state index in [1.165, 1.54) is 0 Å². The maximum atomic E-state index is 14.0. The number of ketones is 1. The van der Waals surface area contributed by atoms with Crippen molar-refractivity contribution < 1.29 is 33.7 Å². The minimum absolute atomic E-state index is 0.0114. The highest BCUT2D eigenvalue weighted by Crippen LogP contribution is 2.35. The molecule has 154 valence electrons. The van der Waals surface area contributed by atoms with Crippen LogP contribution < -0.4 is 0 Å². The van der Waals surface area contributed by atoms with E-state index in [0.717, 1.165) is 6.08 Å². The van der Waals surface area contributed by atoms with E-state index in [2.05, 4.69) is 0 Å². The number of unbranched alkanes of at least 4 members (excludes halogenated alkanes) is 2. The molecular weight excluding hydrogens is 358 g/mol. The second kappa shape index (κ2) is 11.3. The molecule has 5 nitrogen and oxygen atoms in total. The first-order valence-corrected chi connectivity index (χ1v) is 9.51. The number of carbonyl (C=O) groups excluding carboxylic acids is 1. The minimum atomic E-state index is -3.41. The minimum Gasteiger partial charge on any atom is -0.481 e. The van der Waals surface area contributed by atoms with E-state index in [-0.39, 0.29) is 25.0 Å². The Bertz CT molecular complexity index is 544. The molecule has 0 saturated heterocycles. The van der Waals surface area contributed by atoms with Gasteiger partial charge in [0.05, 0.1) is 6.10 Å². The molecule has 1 unspecified atom stereocenters. The first-order valence-electron chi connectivity index (χ1n) is 9.51. The number of aliphatic hydroxyl groups is 2. The number of aliphatic hydroxyl groups excluding tert-OH is 2. The molecule has 1 fully saturated rings. The Morgan fingerprint density at radius 2 is 2.04 bits per heavy atom. The van der Waals surface area contributed by atoms with Crippen LogP contribution in [0.4, 0.5) is 8.78 Å². The Hall–Kier alpha value is -1.60. The number of alkyl halides is 2. The molecule has 0 amide bonds. The number of Topliss-reactive ketones (excluding diaryl/α,β-unsaturated/α-hetero) is 1. The van der Waals surface area contributed by atoms with Gasteiger partial charge in [-0.05, 0) is 31.8 Å². The molecule has 0 bridgehead atoms. The van der Waals surface area contributed by atoms with Gasteiger partial charge in [-0.3, -0.25) is 9.59 Å². The largest absolute Gasteiger partial charge is 0.481 e. The molecule has 0 aromatic rings. The van der Waals surface area contributed by atoms with Crippen molar-refractivity contribution >= 4 is 11.8 Å². The number of rotatable bonds is 12. The van der Waals surface area contributed by atoms with Gasteiger partial charge in [0.15, 0.2) is 0 Å². The Morgan fingerprint density at radius 1 is 1.33 bits per heavy atom. The van der Waals surface area contributed by atoms with Crippen molar-refractivity contribution in [2.24, 2.45) is 11.8 Å². The van der Waals surface area contributed by atoms with Crippen LogP contribution in [0.2, 0.25) is 0 Å². The van der Waals surface area contributed by atoms with Crippen molar-refractivity contribution in [1.82, 2.24) is 0 Å². The fourth-order valence-corrected chi connectivity index (χ4v) is 3.20. The maximum absolute atomic E-state index is 14.0. The van der Waals surface area contributed by atoms with Crippen molar-refractivity contribution in [3.63, 3.8) is 0 Å². The van der Waals surface area contributed by atoms with Crippen LogP contribution in [0.3, 0.4) is 0 Å². The first kappa shape index (κ1) is 23.4. The van der Waals surface area contributed by atoms with Crippen molar-refractivity contribution in [1.29, 1.82) is 0 Å². The molecule has 27 heavy (non-hydrogen) atoms. The van der Waals surface area contributed by atoms with Crippen molar-refractivity contribution in [3.8, 4) is 0 Å². The zero-order valence-electron chi connectivity index (χ0n) is 15.7. The number of carboxylic acid groups (broad SMARTS) is 1. The number of hydrogen-bond acceptors (Lipinski definition) is 4. The molecule has 0 aromatic heterocycles. The van der Waals surface area contributed by atoms with Gasteiger partial charge in [0, 0.05) is 24.7 Å². The second-order valence-corrected chi connectivity index (χ2v) is 7.11. The zero-order chi connectivity index (χ0) is 20.4. The number of halogens is 2. The van der Waals surface area contributed by atoms with Gasteiger partial charge >= 0.3 is 5.97 Å². The molecule has 0 heterocycles. The third kappa shape index (κ3) is 7.89. The second-order valence-electron chi connectivity index (χ2n) is 7.11. The predicted molar refractivity (Wildman–Crippen MR) is 97.5 cm³/mol. The SMILES string of the molecule is CCCCC(O)C(F)(F)C=C[C@H]1[C@H](O)CC(=O)[C@@H]1CC=CCCCC(=O)O. The smallest absolute Gasteiger partial charge is 0.303 e. The van der Waals surface area contributed by atoms with E-state index in [1.807, 2.05) is 6.92 Å². The van der Waals surface area contributed by atoms with Gasteiger partial charge in [0.1, 0.15) is 11.9 Å². The van der Waals surface area contributed by atoms with Gasteiger partial charge < -0.3 is 15.3 Å². The van der Waals surface area contributed by atoms with Crippen molar-refractivity contribution in [3.05, 3.63) is 24.3 Å². The summed E-state index contributed by atoms with van der Waals surface area (Å²) in [5.74, 6) is -5.76. The fourth-order valence-electron chi connectivity index (χ4n) is 3.20. The quantitative estimate of drug-likeness (QED) is 0.351. The molecule has 1 rings (SSSR count). The topological polar surface area (TPSA) is 94.8 Å². The van der Waals surface area contributed by atoms with Gasteiger partial charge in [-0.1, -0.05) is 38.0 Å². The number of carbonyl (C=O) groups is 2. The lowest BCUT2D eigenvalue weighted by atomic mass is 9.89. The zero-order valence-corrected chi connectivity index (χ0v) is 15.7. The third-order valence-electron chi connectivity index (χ3n) is 4.87. The van der Waals surface area contributed by atoms with E-state index in [0.29, 0.717) is 38.2 Å². The number of aliphatic carboxylic acids is 1. The monoisotopic (exact) mass is 388 g/mol. The average molecular weight is 388 g/mol. The molecule has 1 aliphatic rings. The fraction of sp³-hybridized carbons (Fsp3) is 0.700. The van der Waals surface area contributed by atoms with Crippen molar-refractivity contribution in [2.45, 2.75) is 76.4 Å². The van der Waals surface area contributed by atoms with Gasteiger partial charge in [-0.15, -0.1) is 0 Å². The summed E-state index contributed by atoms with van der Waals surface area (Å²) < 4.78 is 28.1. The summed E-state index contributed by atoms with van der Waals surface area (Å²) in [6, 6.07) is 0. The van der Waals surface area contributed by atoms with Crippen molar-refractivity contribution in [2.75, 3.05) is 0 Å². The average Bonchev–Trinajstić information content (AvgIpc) is 2.86. The van der Waals surface area contributed by atoms with E-state index in [1.54, 1.807) is 12.2 Å². The lowest BCUT2D eigenvalue weighted by Crippen LogP contribution is -2.32. The van der Waals surface area contributed by atoms with E-state index >= 15 is 0 Å². The van der Waals surface area contributed by atoms with Gasteiger partial charge in [-0.25, -0.2) is 0 Å². The Labute approximate surface area is 158 Å². The van der Waals surface area contributed by atoms with E-state index in [4.69, 9.17) is 5.11 Å². The summed E-state index contributed by atoms with van der Waals surface area (Å²) in [7, 11) is 0. The highest BCUT2D eigenvalue weighted by molar-refractivity contribution is 5.84. The summed E-state index contributed by atoms with van der Waals surface area (Å²) in [5.41, 5.74) is 0. The first-order chi connectivity index (χ1) is 12.7. The van der Waals surface area contributed by atoms with Crippen LogP contribution in [0.1, 0.15) is 58.3 Å². The molecule has 3 N–H and O–H groups in total. The van der Waals surface area contributed by atoms with Crippen LogP contribution in [0.15, 0.2) is 24.3 Å². The third-order valence-corrected chi connectivity index (χ3v) is 4.87. The van der Waals surface area contributed by atoms with E-state index in [9.17, 15) is 28.6 Å². The number of carboxylic acids is 1. The van der Waals surface area contributed by atoms with Gasteiger partial charge in [0.25, 0.3) is 5.92 Å². The number of allylic oxidation sites excluding steroid dienone is 2. The molecule has 1 saturated carbocycles. The van der Waals surface area contributed by atoms with Crippen LogP contribution in [-0.2, 0) is 9.59 Å². The Kier molecular flexibility index (Phi) is 9.80. The summed E-state index contributed by atoms with van der Waals surface area (Å²) in [6.45, 7) is 1.85. The van der Waals surface area contributed by atoms with Crippen LogP contribution >= 0.6 is 0 Å². The molecule has 4 atom stereocenters. The molecule has 0 aromatic carbocycles. The highest BCUT2D eigenvalue weighted by Gasteiger charge is 2.41. The lowest BCUT2D eigenvalue weighted by Gasteiger charge is -2.21. The number of hydrogen-bond donors (Lipinski definition) is 3. The maximum Gasteiger partial charge on any atom is 0.303 e. The van der Waals surface area contributed by atoms with Gasteiger partial charge in [0.2, 0.25) is 0 Å². The molecule has 7 heteroatoms. The van der Waals surface area contributed by atoms with Crippen LogP contribution in [0, 0.1) is 11.8 Å². The molecule has 0 spiro atoms. The summed E-state index contributed by atoms with van der Waals surface area (Å²) in [5, 5.41) is 28.3. The summed E-state index contributed by atoms with van der Waals surface area (Å²) in [6.07, 6.45) is 5.00. The lowest BCUT2D eigenvalue weighted by molar-refractivity contribution is -0.137. The Morgan fingerprint density at radius 3 is 2.67 bits per heavy atom. The molecule has 0 radical (unpaired) electrons. The molecular formula is C20H30F2O5. The Balaban J connectivity index is 2.66. The van der Waals surface area contributed by atoms with Crippen LogP contribution in [0.25, 0.3) is 0 Å². The van der Waals surface area contributed by atoms with E-state index < -0.39 is 35.9 Å². The predicted octanol–water partition coefficient (Wildman–Crippen LogP) is 3.50. The highest BCUT2D eigenvalue weighted by atomic mass is 19.3. The van der Waals surface area contributed by atoms with Crippen LogP contribution in [-0.4, -0.2) is 45.2 Å². The normalized spacial score (nSPS) is 24.9.